The summed E-state index contributed by atoms with van der Waals surface area (Å²) in [5.74, 6) is 0. The molecule has 0 radical (unpaired) electrons. The number of aromatic nitrogens is 2. The lowest BCUT2D eigenvalue weighted by molar-refractivity contribution is 0.123. The maximum absolute atomic E-state index is 10.8. The van der Waals surface area contributed by atoms with Crippen LogP contribution >= 0.6 is 23.4 Å². The molecule has 1 aromatic carbocycles. The van der Waals surface area contributed by atoms with Gasteiger partial charge < -0.3 is 9.67 Å². The van der Waals surface area contributed by atoms with Gasteiger partial charge in [0, 0.05) is 28.9 Å². The van der Waals surface area contributed by atoms with Crippen LogP contribution in [0.5, 0.6) is 0 Å². The minimum Gasteiger partial charge on any atom is -0.387 e. The number of aliphatic hydroxyl groups is 1. The van der Waals surface area contributed by atoms with E-state index in [2.05, 4.69) is 11.6 Å². The van der Waals surface area contributed by atoms with E-state index < -0.39 is 6.10 Å². The van der Waals surface area contributed by atoms with Crippen LogP contribution in [0.15, 0.2) is 54.5 Å². The molecule has 5 heteroatoms. The van der Waals surface area contributed by atoms with Crippen molar-refractivity contribution in [1.82, 2.24) is 9.55 Å². The van der Waals surface area contributed by atoms with Crippen LogP contribution in [0.1, 0.15) is 18.1 Å². The molecule has 20 heavy (non-hydrogen) atoms. The summed E-state index contributed by atoms with van der Waals surface area (Å²) in [5, 5.41) is 11.4. The van der Waals surface area contributed by atoms with Gasteiger partial charge in [0.1, 0.15) is 0 Å². The van der Waals surface area contributed by atoms with Gasteiger partial charge in [0.25, 0.3) is 0 Å². The van der Waals surface area contributed by atoms with Crippen molar-refractivity contribution in [3.8, 4) is 0 Å². The number of fused-ring (bicyclic) bond motifs is 1. The molecule has 2 aromatic rings. The Morgan fingerprint density at radius 2 is 2.40 bits per heavy atom. The van der Waals surface area contributed by atoms with Crippen molar-refractivity contribution in [3.63, 3.8) is 0 Å². The highest BCUT2D eigenvalue weighted by Crippen LogP contribution is 2.55. The highest BCUT2D eigenvalue weighted by molar-refractivity contribution is 8.01. The van der Waals surface area contributed by atoms with Crippen LogP contribution < -0.4 is 0 Å². The molecule has 1 aliphatic heterocycles. The number of rotatable bonds is 4. The maximum atomic E-state index is 10.8. The third-order valence-corrected chi connectivity index (χ3v) is 5.33. The van der Waals surface area contributed by atoms with E-state index in [9.17, 15) is 5.11 Å². The molecule has 2 unspecified atom stereocenters. The zero-order valence-electron chi connectivity index (χ0n) is 10.9. The van der Waals surface area contributed by atoms with E-state index in [4.69, 9.17) is 11.6 Å². The summed E-state index contributed by atoms with van der Waals surface area (Å²) in [6.45, 7) is 4.52. The Labute approximate surface area is 127 Å². The maximum Gasteiger partial charge on any atom is 0.0971 e. The van der Waals surface area contributed by atoms with E-state index in [0.29, 0.717) is 18.0 Å². The molecule has 0 aliphatic carbocycles. The van der Waals surface area contributed by atoms with Gasteiger partial charge in [0.05, 0.1) is 17.2 Å². The summed E-state index contributed by atoms with van der Waals surface area (Å²) < 4.78 is 1.64. The number of nitrogens with zero attached hydrogens (tertiary/aromatic N) is 2. The normalized spacial score (nSPS) is 24.6. The lowest BCUT2D eigenvalue weighted by Crippen LogP contribution is -2.33. The average molecular weight is 307 g/mol. The first-order valence-electron chi connectivity index (χ1n) is 6.38. The first-order valence-corrected chi connectivity index (χ1v) is 7.57. The van der Waals surface area contributed by atoms with Gasteiger partial charge in [0.15, 0.2) is 0 Å². The van der Waals surface area contributed by atoms with E-state index in [0.717, 1.165) is 10.5 Å². The second-order valence-corrected chi connectivity index (χ2v) is 6.87. The van der Waals surface area contributed by atoms with Crippen LogP contribution in [-0.2, 0) is 6.54 Å². The van der Waals surface area contributed by atoms with Crippen molar-refractivity contribution >= 4 is 23.4 Å². The molecule has 1 N–H and O–H groups in total. The van der Waals surface area contributed by atoms with Gasteiger partial charge in [-0.1, -0.05) is 17.7 Å². The number of benzene rings is 1. The standard InChI is InChI=1S/C15H15ClN2OS/c1-2-5-15(9-18-7-6-17-10-18)14(19)12-8-11(16)3-4-13(12)20-15/h2-4,6-8,10,14,19H,1,5,9H2. The Morgan fingerprint density at radius 3 is 3.10 bits per heavy atom. The first-order chi connectivity index (χ1) is 9.64. The number of halogens is 1. The fourth-order valence-corrected chi connectivity index (χ4v) is 4.35. The van der Waals surface area contributed by atoms with Crippen molar-refractivity contribution < 1.29 is 5.11 Å². The molecule has 2 heterocycles. The summed E-state index contributed by atoms with van der Waals surface area (Å²) in [6, 6.07) is 5.69. The second-order valence-electron chi connectivity index (χ2n) is 4.98. The molecule has 1 aromatic heterocycles. The molecular formula is C15H15ClN2OS. The molecule has 0 saturated carbocycles. The van der Waals surface area contributed by atoms with Gasteiger partial charge in [-0.25, -0.2) is 4.98 Å². The van der Waals surface area contributed by atoms with Crippen LogP contribution in [-0.4, -0.2) is 19.4 Å². The number of imidazole rings is 1. The number of allylic oxidation sites excluding steroid dienone is 1. The molecule has 3 nitrogen and oxygen atoms in total. The first kappa shape index (κ1) is 13.7. The van der Waals surface area contributed by atoms with Crippen LogP contribution in [0.4, 0.5) is 0 Å². The van der Waals surface area contributed by atoms with Gasteiger partial charge in [-0.15, -0.1) is 18.3 Å². The van der Waals surface area contributed by atoms with Crippen molar-refractivity contribution in [2.24, 2.45) is 0 Å². The molecule has 0 spiro atoms. The molecular weight excluding hydrogens is 292 g/mol. The zero-order valence-corrected chi connectivity index (χ0v) is 12.4. The number of hydrogen-bond acceptors (Lipinski definition) is 3. The topological polar surface area (TPSA) is 38.0 Å². The minimum absolute atomic E-state index is 0.352. The summed E-state index contributed by atoms with van der Waals surface area (Å²) in [4.78, 5) is 5.16. The molecule has 0 bridgehead atoms. The van der Waals surface area contributed by atoms with Crippen LogP contribution in [0, 0.1) is 0 Å². The Morgan fingerprint density at radius 1 is 1.55 bits per heavy atom. The van der Waals surface area contributed by atoms with Crippen molar-refractivity contribution in [2.75, 3.05) is 0 Å². The van der Waals surface area contributed by atoms with Crippen LogP contribution in [0.25, 0.3) is 0 Å². The largest absolute Gasteiger partial charge is 0.387 e. The molecule has 3 rings (SSSR count). The summed E-state index contributed by atoms with van der Waals surface area (Å²) >= 11 is 7.74. The monoisotopic (exact) mass is 306 g/mol. The van der Waals surface area contributed by atoms with Gasteiger partial charge >= 0.3 is 0 Å². The van der Waals surface area contributed by atoms with Gasteiger partial charge in [-0.05, 0) is 30.2 Å². The fourth-order valence-electron chi connectivity index (χ4n) is 2.65. The van der Waals surface area contributed by atoms with Crippen molar-refractivity contribution in [2.45, 2.75) is 28.7 Å². The molecule has 2 atom stereocenters. The number of hydrogen-bond donors (Lipinski definition) is 1. The summed E-state index contributed by atoms with van der Waals surface area (Å²) in [6.07, 6.45) is 7.44. The minimum atomic E-state index is -0.568. The summed E-state index contributed by atoms with van der Waals surface area (Å²) in [5.41, 5.74) is 0.907. The lowest BCUT2D eigenvalue weighted by Gasteiger charge is -2.31. The SMILES string of the molecule is C=CCC1(Cn2ccnc2)Sc2ccc(Cl)cc2C1O. The van der Waals surface area contributed by atoms with E-state index >= 15 is 0 Å². The van der Waals surface area contributed by atoms with Crippen LogP contribution in [0.3, 0.4) is 0 Å². The van der Waals surface area contributed by atoms with Crippen molar-refractivity contribution in [1.29, 1.82) is 0 Å². The lowest BCUT2D eigenvalue weighted by atomic mass is 9.92. The molecule has 104 valence electrons. The molecule has 1 aliphatic rings. The second kappa shape index (κ2) is 5.28. The van der Waals surface area contributed by atoms with Crippen molar-refractivity contribution in [3.05, 3.63) is 60.2 Å². The van der Waals surface area contributed by atoms with E-state index in [-0.39, 0.29) is 4.75 Å². The third kappa shape index (κ3) is 2.28. The third-order valence-electron chi connectivity index (χ3n) is 3.58. The average Bonchev–Trinajstić information content (AvgIpc) is 3.00. The molecule has 0 amide bonds. The fraction of sp³-hybridized carbons (Fsp3) is 0.267. The predicted molar refractivity (Wildman–Crippen MR) is 82.0 cm³/mol. The van der Waals surface area contributed by atoms with Gasteiger partial charge in [-0.3, -0.25) is 0 Å². The number of thioether (sulfide) groups is 1. The Hall–Kier alpha value is -1.23. The molecule has 0 saturated heterocycles. The van der Waals surface area contributed by atoms with E-state index in [1.165, 1.54) is 0 Å². The zero-order chi connectivity index (χ0) is 14.2. The quantitative estimate of drug-likeness (QED) is 0.876. The van der Waals surface area contributed by atoms with E-state index in [1.54, 1.807) is 24.3 Å². The smallest absolute Gasteiger partial charge is 0.0971 e. The number of aliphatic hydroxyl groups excluding tert-OH is 1. The molecule has 0 fully saturated rings. The van der Waals surface area contributed by atoms with E-state index in [1.807, 2.05) is 35.0 Å². The Kier molecular flexibility index (Phi) is 3.63. The highest BCUT2D eigenvalue weighted by Gasteiger charge is 2.45. The van der Waals surface area contributed by atoms with Gasteiger partial charge in [0.2, 0.25) is 0 Å². The predicted octanol–water partition coefficient (Wildman–Crippen LogP) is 3.69. The van der Waals surface area contributed by atoms with Crippen LogP contribution in [0.2, 0.25) is 5.02 Å². The highest BCUT2D eigenvalue weighted by atomic mass is 35.5. The Balaban J connectivity index is 1.98. The summed E-state index contributed by atoms with van der Waals surface area (Å²) in [7, 11) is 0. The Bertz CT molecular complexity index is 629. The van der Waals surface area contributed by atoms with Gasteiger partial charge in [-0.2, -0.15) is 0 Å².